The molecule has 0 aliphatic carbocycles. The molecule has 0 saturated heterocycles. The van der Waals surface area contributed by atoms with E-state index in [1.54, 1.807) is 7.05 Å². The number of aryl methyl sites for hydroxylation is 1. The highest BCUT2D eigenvalue weighted by Gasteiger charge is 2.26. The number of nitrogen functional groups attached to an aromatic ring is 1. The monoisotopic (exact) mass is 266 g/mol. The average Bonchev–Trinajstić information content (AvgIpc) is 2.64. The Bertz CT molecular complexity index is 416. The molecule has 0 spiro atoms. The van der Waals surface area contributed by atoms with Crippen LogP contribution in [0.25, 0.3) is 0 Å². The minimum Gasteiger partial charge on any atom is -0.375 e. The van der Waals surface area contributed by atoms with Gasteiger partial charge in [-0.1, -0.05) is 0 Å². The molecule has 9 heteroatoms. The first-order valence-corrected chi connectivity index (χ1v) is 5.01. The van der Waals surface area contributed by atoms with E-state index in [4.69, 9.17) is 10.6 Å². The van der Waals surface area contributed by atoms with Crippen molar-refractivity contribution in [3.63, 3.8) is 0 Å². The van der Waals surface area contributed by atoms with Crippen LogP contribution in [0.2, 0.25) is 0 Å². The summed E-state index contributed by atoms with van der Waals surface area (Å²) in [5, 5.41) is 3.81. The summed E-state index contributed by atoms with van der Waals surface area (Å²) in [6, 6.07) is 0. The predicted molar refractivity (Wildman–Crippen MR) is 55.2 cm³/mol. The first-order chi connectivity index (χ1) is 8.35. The van der Waals surface area contributed by atoms with E-state index in [0.717, 1.165) is 0 Å². The van der Waals surface area contributed by atoms with Crippen molar-refractivity contribution in [2.24, 2.45) is 12.9 Å². The molecule has 1 heterocycles. The van der Waals surface area contributed by atoms with Gasteiger partial charge in [-0.05, 0) is 0 Å². The zero-order chi connectivity index (χ0) is 13.8. The second-order valence-corrected chi connectivity index (χ2v) is 3.52. The molecule has 0 fully saturated rings. The molecule has 0 atom stereocenters. The van der Waals surface area contributed by atoms with Crippen LogP contribution in [-0.2, 0) is 18.4 Å². The molecule has 0 aromatic carbocycles. The van der Waals surface area contributed by atoms with Gasteiger partial charge in [0.15, 0.2) is 0 Å². The van der Waals surface area contributed by atoms with Gasteiger partial charge in [0.25, 0.3) is 5.91 Å². The van der Waals surface area contributed by atoms with E-state index in [-0.39, 0.29) is 12.2 Å². The van der Waals surface area contributed by atoms with Gasteiger partial charge in [0.05, 0.1) is 37.1 Å². The number of aromatic nitrogens is 2. The van der Waals surface area contributed by atoms with Crippen molar-refractivity contribution in [2.45, 2.75) is 19.2 Å². The third-order valence-electron chi connectivity index (χ3n) is 2.21. The number of rotatable bonds is 5. The fourth-order valence-corrected chi connectivity index (χ4v) is 1.26. The maximum Gasteiger partial charge on any atom is 0.391 e. The van der Waals surface area contributed by atoms with Crippen LogP contribution < -0.4 is 11.3 Å². The van der Waals surface area contributed by atoms with Gasteiger partial charge in [0.1, 0.15) is 0 Å². The van der Waals surface area contributed by atoms with Gasteiger partial charge in [-0.25, -0.2) is 5.84 Å². The number of nitrogens with one attached hydrogen (secondary N) is 1. The smallest absolute Gasteiger partial charge is 0.375 e. The van der Waals surface area contributed by atoms with Crippen molar-refractivity contribution in [1.82, 2.24) is 15.2 Å². The van der Waals surface area contributed by atoms with Crippen molar-refractivity contribution in [2.75, 3.05) is 6.61 Å². The second-order valence-electron chi connectivity index (χ2n) is 3.52. The highest BCUT2D eigenvalue weighted by molar-refractivity contribution is 5.94. The van der Waals surface area contributed by atoms with Gasteiger partial charge in [-0.2, -0.15) is 18.3 Å². The van der Waals surface area contributed by atoms with E-state index in [9.17, 15) is 18.0 Å². The van der Waals surface area contributed by atoms with Gasteiger partial charge in [-0.3, -0.25) is 14.9 Å². The van der Waals surface area contributed by atoms with Crippen molar-refractivity contribution in [1.29, 1.82) is 0 Å². The third kappa shape index (κ3) is 4.00. The number of hydrogen-bond acceptors (Lipinski definition) is 4. The fraction of sp³-hybridized carbons (Fsp3) is 0.556. The van der Waals surface area contributed by atoms with E-state index in [2.05, 4.69) is 5.10 Å². The summed E-state index contributed by atoms with van der Waals surface area (Å²) in [5.41, 5.74) is 2.46. The lowest BCUT2D eigenvalue weighted by molar-refractivity contribution is -0.146. The Labute approximate surface area is 101 Å². The Morgan fingerprint density at radius 2 is 2.28 bits per heavy atom. The fourth-order valence-electron chi connectivity index (χ4n) is 1.26. The lowest BCUT2D eigenvalue weighted by Crippen LogP contribution is -2.30. The normalized spacial score (nSPS) is 11.6. The molecule has 3 N–H and O–H groups in total. The number of amides is 1. The molecule has 1 aromatic heterocycles. The average molecular weight is 266 g/mol. The molecule has 0 bridgehead atoms. The number of hydrazine groups is 1. The summed E-state index contributed by atoms with van der Waals surface area (Å²) in [5.74, 6) is 4.40. The molecule has 0 aliphatic heterocycles. The summed E-state index contributed by atoms with van der Waals surface area (Å²) < 4.78 is 41.9. The number of nitrogens with two attached hydrogens (primary N) is 1. The van der Waals surface area contributed by atoms with E-state index >= 15 is 0 Å². The van der Waals surface area contributed by atoms with Crippen LogP contribution in [0.1, 0.15) is 22.5 Å². The molecular formula is C9H13F3N4O2. The zero-order valence-corrected chi connectivity index (χ0v) is 9.62. The molecule has 0 saturated carbocycles. The largest absolute Gasteiger partial charge is 0.391 e. The summed E-state index contributed by atoms with van der Waals surface area (Å²) in [6.45, 7) is -0.617. The molecule has 0 aliphatic rings. The van der Waals surface area contributed by atoms with Crippen LogP contribution in [0.5, 0.6) is 0 Å². The topological polar surface area (TPSA) is 82.2 Å². The number of carbonyl (C=O) groups is 1. The highest BCUT2D eigenvalue weighted by atomic mass is 19.4. The summed E-state index contributed by atoms with van der Waals surface area (Å²) in [4.78, 5) is 11.3. The molecular weight excluding hydrogens is 253 g/mol. The molecule has 102 valence electrons. The number of halogens is 3. The molecule has 1 rings (SSSR count). The van der Waals surface area contributed by atoms with Gasteiger partial charge in [0, 0.05) is 7.05 Å². The maximum atomic E-state index is 11.9. The minimum atomic E-state index is -4.26. The van der Waals surface area contributed by atoms with Gasteiger partial charge in [0.2, 0.25) is 0 Å². The van der Waals surface area contributed by atoms with E-state index in [0.29, 0.717) is 5.69 Å². The lowest BCUT2D eigenvalue weighted by Gasteiger charge is -2.08. The van der Waals surface area contributed by atoms with E-state index in [1.165, 1.54) is 10.9 Å². The molecule has 18 heavy (non-hydrogen) atoms. The van der Waals surface area contributed by atoms with Crippen LogP contribution in [0.4, 0.5) is 13.2 Å². The van der Waals surface area contributed by atoms with Crippen LogP contribution in [0, 0.1) is 0 Å². The molecule has 0 unspecified atom stereocenters. The SMILES string of the molecule is Cn1ncc(C(=O)NN)c1COCCC(F)(F)F. The quantitative estimate of drug-likeness (QED) is 0.352. The van der Waals surface area contributed by atoms with E-state index in [1.807, 2.05) is 5.43 Å². The molecule has 0 radical (unpaired) electrons. The van der Waals surface area contributed by atoms with Gasteiger partial charge < -0.3 is 4.74 Å². The Balaban J connectivity index is 2.56. The predicted octanol–water partition coefficient (Wildman–Crippen LogP) is 0.493. The second kappa shape index (κ2) is 5.83. The zero-order valence-electron chi connectivity index (χ0n) is 9.62. The summed E-state index contributed by atoms with van der Waals surface area (Å²) in [6.07, 6.45) is -4.03. The van der Waals surface area contributed by atoms with Gasteiger partial charge in [-0.15, -0.1) is 0 Å². The number of carbonyl (C=O) groups excluding carboxylic acids is 1. The van der Waals surface area contributed by atoms with Crippen LogP contribution in [0.15, 0.2) is 6.20 Å². The van der Waals surface area contributed by atoms with Crippen molar-refractivity contribution < 1.29 is 22.7 Å². The Morgan fingerprint density at radius 1 is 1.61 bits per heavy atom. The van der Waals surface area contributed by atoms with Crippen molar-refractivity contribution in [3.8, 4) is 0 Å². The molecule has 1 amide bonds. The number of alkyl halides is 3. The first-order valence-electron chi connectivity index (χ1n) is 5.01. The van der Waals surface area contributed by atoms with Crippen LogP contribution in [-0.4, -0.2) is 28.5 Å². The lowest BCUT2D eigenvalue weighted by atomic mass is 10.2. The maximum absolute atomic E-state index is 11.9. The van der Waals surface area contributed by atoms with Crippen LogP contribution >= 0.6 is 0 Å². The number of hydrogen-bond donors (Lipinski definition) is 2. The first kappa shape index (κ1) is 14.5. The molecule has 1 aromatic rings. The minimum absolute atomic E-state index is 0.144. The third-order valence-corrected chi connectivity index (χ3v) is 2.21. The Hall–Kier alpha value is -1.61. The standard InChI is InChI=1S/C9H13F3N4O2/c1-16-7(5-18-3-2-9(10,11)12)6(4-14-16)8(17)15-13/h4H,2-3,5,13H2,1H3,(H,15,17). The Kier molecular flexibility index (Phi) is 4.68. The number of nitrogens with zero attached hydrogens (tertiary/aromatic N) is 2. The van der Waals surface area contributed by atoms with E-state index < -0.39 is 25.1 Å². The summed E-state index contributed by atoms with van der Waals surface area (Å²) >= 11 is 0. The van der Waals surface area contributed by atoms with Crippen LogP contribution in [0.3, 0.4) is 0 Å². The molecule has 6 nitrogen and oxygen atoms in total. The van der Waals surface area contributed by atoms with Crippen molar-refractivity contribution >= 4 is 5.91 Å². The highest BCUT2D eigenvalue weighted by Crippen LogP contribution is 2.19. The Morgan fingerprint density at radius 3 is 2.83 bits per heavy atom. The number of ether oxygens (including phenoxy) is 1. The van der Waals surface area contributed by atoms with Crippen molar-refractivity contribution in [3.05, 3.63) is 17.5 Å². The summed E-state index contributed by atoms with van der Waals surface area (Å²) in [7, 11) is 1.55. The van der Waals surface area contributed by atoms with Gasteiger partial charge >= 0.3 is 6.18 Å².